The van der Waals surface area contributed by atoms with E-state index in [1.54, 1.807) is 11.6 Å². The van der Waals surface area contributed by atoms with Crippen molar-refractivity contribution < 1.29 is 4.74 Å². The van der Waals surface area contributed by atoms with Gasteiger partial charge < -0.3 is 10.5 Å². The van der Waals surface area contributed by atoms with E-state index in [2.05, 4.69) is 15.1 Å². The fourth-order valence-electron chi connectivity index (χ4n) is 2.84. The van der Waals surface area contributed by atoms with E-state index < -0.39 is 0 Å². The van der Waals surface area contributed by atoms with Gasteiger partial charge >= 0.3 is 0 Å². The Morgan fingerprint density at radius 1 is 0.920 bits per heavy atom. The van der Waals surface area contributed by atoms with Crippen LogP contribution in [0.3, 0.4) is 0 Å². The van der Waals surface area contributed by atoms with E-state index in [4.69, 9.17) is 10.5 Å². The minimum atomic E-state index is 0.346. The Hall–Kier alpha value is -3.25. The highest BCUT2D eigenvalue weighted by Gasteiger charge is 2.18. The Balaban J connectivity index is 1.95. The van der Waals surface area contributed by atoms with E-state index in [0.29, 0.717) is 24.0 Å². The van der Waals surface area contributed by atoms with Crippen LogP contribution >= 0.6 is 0 Å². The molecule has 4 rings (SSSR count). The van der Waals surface area contributed by atoms with E-state index in [0.717, 1.165) is 22.4 Å². The van der Waals surface area contributed by atoms with Crippen LogP contribution in [0.2, 0.25) is 0 Å². The molecule has 0 aliphatic carbocycles. The van der Waals surface area contributed by atoms with Crippen molar-refractivity contribution in [1.29, 1.82) is 0 Å². The summed E-state index contributed by atoms with van der Waals surface area (Å²) < 4.78 is 6.90. The van der Waals surface area contributed by atoms with Gasteiger partial charge in [-0.05, 0) is 5.56 Å². The highest BCUT2D eigenvalue weighted by molar-refractivity contribution is 5.77. The second-order valence-corrected chi connectivity index (χ2v) is 5.63. The van der Waals surface area contributed by atoms with E-state index >= 15 is 0 Å². The van der Waals surface area contributed by atoms with Gasteiger partial charge in [-0.25, -0.2) is 4.98 Å². The molecule has 0 bridgehead atoms. The third-order valence-electron chi connectivity index (χ3n) is 3.97. The van der Waals surface area contributed by atoms with Crippen LogP contribution in [-0.2, 0) is 11.3 Å². The zero-order valence-electron chi connectivity index (χ0n) is 13.8. The number of nitrogen functional groups attached to an aromatic ring is 1. The monoisotopic (exact) mass is 331 g/mol. The van der Waals surface area contributed by atoms with Gasteiger partial charge in [0.05, 0.1) is 12.3 Å². The van der Waals surface area contributed by atoms with Gasteiger partial charge in [0.25, 0.3) is 5.78 Å². The first-order valence-electron chi connectivity index (χ1n) is 7.93. The molecule has 2 aromatic carbocycles. The van der Waals surface area contributed by atoms with E-state index in [1.165, 1.54) is 0 Å². The van der Waals surface area contributed by atoms with E-state index in [1.807, 2.05) is 60.7 Å². The molecule has 2 N–H and O–H groups in total. The van der Waals surface area contributed by atoms with Crippen LogP contribution in [0.5, 0.6) is 0 Å². The highest BCUT2D eigenvalue weighted by atomic mass is 16.5. The molecular formula is C19H17N5O. The molecule has 2 aromatic heterocycles. The van der Waals surface area contributed by atoms with Gasteiger partial charge in [0.15, 0.2) is 5.82 Å². The van der Waals surface area contributed by atoms with Crippen molar-refractivity contribution in [2.75, 3.05) is 12.8 Å². The van der Waals surface area contributed by atoms with Gasteiger partial charge in [-0.3, -0.25) is 0 Å². The third kappa shape index (κ3) is 2.72. The van der Waals surface area contributed by atoms with Gasteiger partial charge in [0, 0.05) is 18.2 Å². The molecule has 0 saturated carbocycles. The fraction of sp³-hybridized carbons (Fsp3) is 0.105. The van der Waals surface area contributed by atoms with Crippen molar-refractivity contribution >= 4 is 11.6 Å². The first kappa shape index (κ1) is 15.3. The quantitative estimate of drug-likeness (QED) is 0.621. The molecule has 0 spiro atoms. The molecule has 0 aliphatic heterocycles. The lowest BCUT2D eigenvalue weighted by Crippen LogP contribution is -2.08. The predicted octanol–water partition coefficient (Wildman–Crippen LogP) is 3.19. The van der Waals surface area contributed by atoms with Gasteiger partial charge in [0.1, 0.15) is 5.82 Å². The van der Waals surface area contributed by atoms with Gasteiger partial charge in [-0.1, -0.05) is 60.7 Å². The summed E-state index contributed by atoms with van der Waals surface area (Å²) in [6, 6.07) is 19.6. The Morgan fingerprint density at radius 3 is 2.20 bits per heavy atom. The predicted molar refractivity (Wildman–Crippen MR) is 96.8 cm³/mol. The first-order chi connectivity index (χ1) is 12.3. The van der Waals surface area contributed by atoms with E-state index in [-0.39, 0.29) is 0 Å². The molecule has 0 aliphatic rings. The number of aromatic nitrogens is 4. The Morgan fingerprint density at radius 2 is 1.56 bits per heavy atom. The number of ether oxygens (including phenoxy) is 1. The third-order valence-corrected chi connectivity index (χ3v) is 3.97. The lowest BCUT2D eigenvalue weighted by molar-refractivity contribution is 0.182. The normalized spacial score (nSPS) is 11.1. The lowest BCUT2D eigenvalue weighted by Gasteiger charge is -2.12. The van der Waals surface area contributed by atoms with Crippen LogP contribution in [0, 0.1) is 0 Å². The number of benzene rings is 2. The molecule has 124 valence electrons. The summed E-state index contributed by atoms with van der Waals surface area (Å²) in [4.78, 5) is 9.16. The summed E-state index contributed by atoms with van der Waals surface area (Å²) in [5, 5.41) is 4.55. The SMILES string of the molecule is COCc1nc2nc(-c3ccccc3)nn2c(N)c1-c1ccccc1. The fourth-order valence-corrected chi connectivity index (χ4v) is 2.84. The number of hydrogen-bond acceptors (Lipinski definition) is 5. The summed E-state index contributed by atoms with van der Waals surface area (Å²) in [5.41, 5.74) is 9.89. The number of anilines is 1. The second kappa shape index (κ2) is 6.33. The van der Waals surface area contributed by atoms with Crippen molar-refractivity contribution in [3.05, 3.63) is 66.4 Å². The zero-order valence-corrected chi connectivity index (χ0v) is 13.8. The molecule has 0 radical (unpaired) electrons. The van der Waals surface area contributed by atoms with Crippen molar-refractivity contribution in [2.45, 2.75) is 6.61 Å². The van der Waals surface area contributed by atoms with Crippen LogP contribution in [0.1, 0.15) is 5.69 Å². The molecule has 2 heterocycles. The first-order valence-corrected chi connectivity index (χ1v) is 7.93. The van der Waals surface area contributed by atoms with Crippen LogP contribution in [0.4, 0.5) is 5.82 Å². The average molecular weight is 331 g/mol. The number of hydrogen-bond donors (Lipinski definition) is 1. The molecule has 0 unspecified atom stereocenters. The number of fused-ring (bicyclic) bond motifs is 1. The van der Waals surface area contributed by atoms with Crippen molar-refractivity contribution in [2.24, 2.45) is 0 Å². The van der Waals surface area contributed by atoms with Crippen LogP contribution < -0.4 is 5.73 Å². The van der Waals surface area contributed by atoms with Crippen molar-refractivity contribution in [3.8, 4) is 22.5 Å². The zero-order chi connectivity index (χ0) is 17.2. The Bertz CT molecular complexity index is 1010. The molecule has 6 heteroatoms. The lowest BCUT2D eigenvalue weighted by atomic mass is 10.0. The number of rotatable bonds is 4. The van der Waals surface area contributed by atoms with Crippen LogP contribution in [0.25, 0.3) is 28.3 Å². The standard InChI is InChI=1S/C19H17N5O/c1-25-12-15-16(13-8-4-2-5-9-13)17(20)24-19(21-15)22-18(23-24)14-10-6-3-7-11-14/h2-11H,12,20H2,1H3. The van der Waals surface area contributed by atoms with Gasteiger partial charge in [-0.15, -0.1) is 5.10 Å². The smallest absolute Gasteiger partial charge is 0.255 e. The highest BCUT2D eigenvalue weighted by Crippen LogP contribution is 2.30. The van der Waals surface area contributed by atoms with Crippen LogP contribution in [0.15, 0.2) is 60.7 Å². The molecule has 0 fully saturated rings. The molecule has 6 nitrogen and oxygen atoms in total. The molecular weight excluding hydrogens is 314 g/mol. The summed E-state index contributed by atoms with van der Waals surface area (Å²) >= 11 is 0. The average Bonchev–Trinajstić information content (AvgIpc) is 3.08. The van der Waals surface area contributed by atoms with E-state index in [9.17, 15) is 0 Å². The number of methoxy groups -OCH3 is 1. The summed E-state index contributed by atoms with van der Waals surface area (Å²) in [6.45, 7) is 0.346. The Kier molecular flexibility index (Phi) is 3.87. The van der Waals surface area contributed by atoms with Gasteiger partial charge in [-0.2, -0.15) is 9.50 Å². The Labute approximate surface area is 144 Å². The largest absolute Gasteiger partial charge is 0.383 e. The summed E-state index contributed by atoms with van der Waals surface area (Å²) in [6.07, 6.45) is 0. The topological polar surface area (TPSA) is 78.3 Å². The maximum atomic E-state index is 6.44. The van der Waals surface area contributed by atoms with Crippen molar-refractivity contribution in [1.82, 2.24) is 19.6 Å². The number of nitrogens with zero attached hydrogens (tertiary/aromatic N) is 4. The number of nitrogens with two attached hydrogens (primary N) is 1. The summed E-state index contributed by atoms with van der Waals surface area (Å²) in [7, 11) is 1.63. The summed E-state index contributed by atoms with van der Waals surface area (Å²) in [5.74, 6) is 1.55. The molecule has 0 atom stereocenters. The maximum Gasteiger partial charge on any atom is 0.255 e. The minimum absolute atomic E-state index is 0.346. The van der Waals surface area contributed by atoms with Gasteiger partial charge in [0.2, 0.25) is 0 Å². The maximum absolute atomic E-state index is 6.44. The second-order valence-electron chi connectivity index (χ2n) is 5.63. The molecule has 4 aromatic rings. The molecule has 0 amide bonds. The molecule has 0 saturated heterocycles. The minimum Gasteiger partial charge on any atom is -0.383 e. The van der Waals surface area contributed by atoms with Crippen molar-refractivity contribution in [3.63, 3.8) is 0 Å². The van der Waals surface area contributed by atoms with Crippen LogP contribution in [-0.4, -0.2) is 26.7 Å². The molecule has 25 heavy (non-hydrogen) atoms.